The summed E-state index contributed by atoms with van der Waals surface area (Å²) in [6, 6.07) is 10.3. The Morgan fingerprint density at radius 3 is 2.75 bits per heavy atom. The molecule has 0 N–H and O–H groups in total. The molecular formula is C13H12FNO. The average Bonchev–Trinajstić information content (AvgIpc) is 2.75. The average molecular weight is 217 g/mol. The largest absolute Gasteiger partial charge is 0.345 e. The van der Waals surface area contributed by atoms with Crippen molar-refractivity contribution in [3.05, 3.63) is 59.7 Å². The number of carbonyl (C=O) groups excluding carboxylic acids is 1. The second-order valence-corrected chi connectivity index (χ2v) is 3.59. The number of hydrogen-bond acceptors (Lipinski definition) is 1. The summed E-state index contributed by atoms with van der Waals surface area (Å²) in [5.74, 6) is -0.192. The van der Waals surface area contributed by atoms with Gasteiger partial charge in [-0.15, -0.1) is 0 Å². The highest BCUT2D eigenvalue weighted by molar-refractivity contribution is 5.72. The molecule has 2 aromatic rings. The predicted octanol–water partition coefficient (Wildman–Crippen LogP) is 2.68. The van der Waals surface area contributed by atoms with Crippen molar-refractivity contribution in [3.63, 3.8) is 0 Å². The number of aldehydes is 1. The first-order valence-electron chi connectivity index (χ1n) is 5.15. The topological polar surface area (TPSA) is 22.0 Å². The first kappa shape index (κ1) is 10.6. The van der Waals surface area contributed by atoms with Crippen molar-refractivity contribution < 1.29 is 9.18 Å². The number of benzene rings is 1. The fraction of sp³-hybridized carbons (Fsp3) is 0.154. The first-order chi connectivity index (χ1) is 7.81. The third-order valence-corrected chi connectivity index (χ3v) is 2.57. The summed E-state index contributed by atoms with van der Waals surface area (Å²) >= 11 is 0. The van der Waals surface area contributed by atoms with E-state index in [0.717, 1.165) is 6.29 Å². The van der Waals surface area contributed by atoms with Crippen molar-refractivity contribution in [1.29, 1.82) is 0 Å². The highest BCUT2D eigenvalue weighted by Crippen LogP contribution is 2.09. The Morgan fingerprint density at radius 2 is 2.00 bits per heavy atom. The van der Waals surface area contributed by atoms with E-state index in [-0.39, 0.29) is 5.82 Å². The number of nitrogens with zero attached hydrogens (tertiary/aromatic N) is 1. The van der Waals surface area contributed by atoms with Crippen LogP contribution in [0, 0.1) is 5.82 Å². The summed E-state index contributed by atoms with van der Waals surface area (Å²) in [6.07, 6.45) is 3.22. The molecule has 0 aliphatic rings. The molecule has 0 saturated heterocycles. The van der Waals surface area contributed by atoms with E-state index in [2.05, 4.69) is 0 Å². The van der Waals surface area contributed by atoms with E-state index in [9.17, 15) is 9.18 Å². The quantitative estimate of drug-likeness (QED) is 0.722. The molecule has 82 valence electrons. The molecule has 0 saturated carbocycles. The fourth-order valence-corrected chi connectivity index (χ4v) is 1.68. The van der Waals surface area contributed by atoms with Crippen LogP contribution in [0.15, 0.2) is 42.6 Å². The summed E-state index contributed by atoms with van der Waals surface area (Å²) in [6.45, 7) is 0.613. The number of halogens is 1. The second kappa shape index (κ2) is 4.75. The van der Waals surface area contributed by atoms with Crippen LogP contribution in [-0.2, 0) is 13.0 Å². The molecule has 0 fully saturated rings. The van der Waals surface area contributed by atoms with Crippen LogP contribution < -0.4 is 0 Å². The van der Waals surface area contributed by atoms with Crippen LogP contribution in [0.1, 0.15) is 16.1 Å². The fourth-order valence-electron chi connectivity index (χ4n) is 1.68. The van der Waals surface area contributed by atoms with Crippen molar-refractivity contribution in [2.75, 3.05) is 0 Å². The lowest BCUT2D eigenvalue weighted by molar-refractivity contribution is 0.111. The van der Waals surface area contributed by atoms with Crippen molar-refractivity contribution in [2.24, 2.45) is 0 Å². The van der Waals surface area contributed by atoms with E-state index in [4.69, 9.17) is 0 Å². The van der Waals surface area contributed by atoms with Crippen LogP contribution in [0.25, 0.3) is 0 Å². The van der Waals surface area contributed by atoms with Gasteiger partial charge in [0.25, 0.3) is 0 Å². The minimum absolute atomic E-state index is 0.192. The van der Waals surface area contributed by atoms with E-state index >= 15 is 0 Å². The van der Waals surface area contributed by atoms with Gasteiger partial charge in [0, 0.05) is 12.7 Å². The Hall–Kier alpha value is -1.90. The Labute approximate surface area is 93.3 Å². The third-order valence-electron chi connectivity index (χ3n) is 2.57. The normalized spacial score (nSPS) is 10.3. The summed E-state index contributed by atoms with van der Waals surface area (Å²) in [5, 5.41) is 0. The van der Waals surface area contributed by atoms with Gasteiger partial charge >= 0.3 is 0 Å². The SMILES string of the molecule is O=Cc1cccn1CCc1ccccc1F. The number of rotatable bonds is 4. The van der Waals surface area contributed by atoms with E-state index in [1.165, 1.54) is 6.07 Å². The summed E-state index contributed by atoms with van der Waals surface area (Å²) < 4.78 is 15.1. The van der Waals surface area contributed by atoms with Crippen molar-refractivity contribution >= 4 is 6.29 Å². The molecule has 0 bridgehead atoms. The van der Waals surface area contributed by atoms with Crippen LogP contribution in [0.5, 0.6) is 0 Å². The Morgan fingerprint density at radius 1 is 1.19 bits per heavy atom. The standard InChI is InChI=1S/C13H12FNO/c14-13-6-2-1-4-11(13)7-9-15-8-3-5-12(15)10-16/h1-6,8,10H,7,9H2. The molecular weight excluding hydrogens is 205 g/mol. The number of aryl methyl sites for hydroxylation is 2. The van der Waals surface area contributed by atoms with Crippen molar-refractivity contribution in [2.45, 2.75) is 13.0 Å². The van der Waals surface area contributed by atoms with Crippen LogP contribution in [-0.4, -0.2) is 10.9 Å². The number of carbonyl (C=O) groups is 1. The molecule has 2 nitrogen and oxygen atoms in total. The molecule has 1 heterocycles. The van der Waals surface area contributed by atoms with E-state index in [0.29, 0.717) is 24.2 Å². The molecule has 0 radical (unpaired) electrons. The number of aromatic nitrogens is 1. The van der Waals surface area contributed by atoms with Gasteiger partial charge in [0.2, 0.25) is 0 Å². The summed E-state index contributed by atoms with van der Waals surface area (Å²) in [5.41, 5.74) is 1.30. The van der Waals surface area contributed by atoms with Gasteiger partial charge < -0.3 is 4.57 Å². The highest BCUT2D eigenvalue weighted by atomic mass is 19.1. The Kier molecular flexibility index (Phi) is 3.15. The highest BCUT2D eigenvalue weighted by Gasteiger charge is 2.02. The lowest BCUT2D eigenvalue weighted by Crippen LogP contribution is -2.04. The van der Waals surface area contributed by atoms with Gasteiger partial charge in [-0.2, -0.15) is 0 Å². The lowest BCUT2D eigenvalue weighted by Gasteiger charge is -2.06. The third kappa shape index (κ3) is 2.19. The van der Waals surface area contributed by atoms with Crippen LogP contribution in [0.2, 0.25) is 0 Å². The molecule has 1 aromatic heterocycles. The van der Waals surface area contributed by atoms with E-state index in [1.54, 1.807) is 18.2 Å². The molecule has 0 aliphatic carbocycles. The summed E-state index contributed by atoms with van der Waals surface area (Å²) in [4.78, 5) is 10.7. The maximum atomic E-state index is 13.3. The molecule has 0 atom stereocenters. The molecule has 3 heteroatoms. The van der Waals surface area contributed by atoms with E-state index < -0.39 is 0 Å². The van der Waals surface area contributed by atoms with Crippen molar-refractivity contribution in [3.8, 4) is 0 Å². The smallest absolute Gasteiger partial charge is 0.166 e. The molecule has 16 heavy (non-hydrogen) atoms. The maximum absolute atomic E-state index is 13.3. The Balaban J connectivity index is 2.08. The molecule has 2 rings (SSSR count). The molecule has 1 aromatic carbocycles. The minimum Gasteiger partial charge on any atom is -0.345 e. The van der Waals surface area contributed by atoms with Gasteiger partial charge in [-0.1, -0.05) is 18.2 Å². The molecule has 0 amide bonds. The van der Waals surface area contributed by atoms with E-state index in [1.807, 2.05) is 22.9 Å². The van der Waals surface area contributed by atoms with Gasteiger partial charge in [-0.3, -0.25) is 4.79 Å². The van der Waals surface area contributed by atoms with Crippen LogP contribution in [0.4, 0.5) is 4.39 Å². The van der Waals surface area contributed by atoms with Gasteiger partial charge in [0.1, 0.15) is 5.82 Å². The summed E-state index contributed by atoms with van der Waals surface area (Å²) in [7, 11) is 0. The van der Waals surface area contributed by atoms with Crippen molar-refractivity contribution in [1.82, 2.24) is 4.57 Å². The van der Waals surface area contributed by atoms with Gasteiger partial charge in [0.15, 0.2) is 6.29 Å². The molecule has 0 spiro atoms. The first-order valence-corrected chi connectivity index (χ1v) is 5.15. The minimum atomic E-state index is -0.192. The van der Waals surface area contributed by atoms with Crippen LogP contribution >= 0.6 is 0 Å². The zero-order valence-corrected chi connectivity index (χ0v) is 8.77. The number of hydrogen-bond donors (Lipinski definition) is 0. The maximum Gasteiger partial charge on any atom is 0.166 e. The Bertz CT molecular complexity index is 490. The monoisotopic (exact) mass is 217 g/mol. The molecule has 0 aliphatic heterocycles. The molecule has 0 unspecified atom stereocenters. The second-order valence-electron chi connectivity index (χ2n) is 3.59. The predicted molar refractivity (Wildman–Crippen MR) is 59.9 cm³/mol. The van der Waals surface area contributed by atoms with Crippen LogP contribution in [0.3, 0.4) is 0 Å². The van der Waals surface area contributed by atoms with Gasteiger partial charge in [0.05, 0.1) is 5.69 Å². The lowest BCUT2D eigenvalue weighted by atomic mass is 10.1. The zero-order chi connectivity index (χ0) is 11.4. The van der Waals surface area contributed by atoms with Gasteiger partial charge in [-0.25, -0.2) is 4.39 Å². The van der Waals surface area contributed by atoms with Gasteiger partial charge in [-0.05, 0) is 30.2 Å². The zero-order valence-electron chi connectivity index (χ0n) is 8.77.